The molecule has 1 atom stereocenters. The fraction of sp³-hybridized carbons (Fsp3) is 0.304. The van der Waals surface area contributed by atoms with Gasteiger partial charge in [-0.05, 0) is 49.1 Å². The molecular weight excluding hydrogens is 366 g/mol. The molecule has 0 bridgehead atoms. The Bertz CT molecular complexity index is 1030. The topological polar surface area (TPSA) is 75.7 Å². The van der Waals surface area contributed by atoms with Crippen molar-refractivity contribution in [1.29, 1.82) is 0 Å². The highest BCUT2D eigenvalue weighted by molar-refractivity contribution is 5.98. The highest BCUT2D eigenvalue weighted by Gasteiger charge is 2.19. The van der Waals surface area contributed by atoms with Crippen LogP contribution < -0.4 is 10.2 Å². The van der Waals surface area contributed by atoms with Crippen LogP contribution in [0.1, 0.15) is 34.6 Å². The molecule has 4 rings (SSSR count). The zero-order chi connectivity index (χ0) is 20.2. The maximum atomic E-state index is 12.1. The first-order valence-corrected chi connectivity index (χ1v) is 9.81. The molecule has 0 aliphatic carbocycles. The van der Waals surface area contributed by atoms with Gasteiger partial charge in [0.05, 0.1) is 12.8 Å². The number of aromatic amines is 1. The van der Waals surface area contributed by atoms with Crippen molar-refractivity contribution < 1.29 is 14.3 Å². The van der Waals surface area contributed by atoms with E-state index in [1.807, 2.05) is 44.3 Å². The van der Waals surface area contributed by atoms with Crippen LogP contribution in [0.25, 0.3) is 10.9 Å². The summed E-state index contributed by atoms with van der Waals surface area (Å²) < 4.78 is 11.3. The smallest absolute Gasteiger partial charge is 0.277 e. The molecule has 1 fully saturated rings. The summed E-state index contributed by atoms with van der Waals surface area (Å²) in [7, 11) is 0. The number of benzene rings is 2. The van der Waals surface area contributed by atoms with E-state index in [-0.39, 0.29) is 12.5 Å². The number of ether oxygens (including phenoxy) is 2. The van der Waals surface area contributed by atoms with Gasteiger partial charge < -0.3 is 14.5 Å². The predicted molar refractivity (Wildman–Crippen MR) is 114 cm³/mol. The average molecular weight is 391 g/mol. The number of hydrogen-bond acceptors (Lipinski definition) is 4. The molecule has 6 heteroatoms. The van der Waals surface area contributed by atoms with Crippen LogP contribution in [0.4, 0.5) is 0 Å². The van der Waals surface area contributed by atoms with Crippen molar-refractivity contribution in [1.82, 2.24) is 10.4 Å². The number of H-pyrrole nitrogens is 1. The van der Waals surface area contributed by atoms with Crippen LogP contribution in [0.15, 0.2) is 47.7 Å². The number of nitrogens with one attached hydrogen (secondary N) is 2. The second-order valence-electron chi connectivity index (χ2n) is 7.41. The Balaban J connectivity index is 1.35. The lowest BCUT2D eigenvalue weighted by Crippen LogP contribution is -2.25. The lowest BCUT2D eigenvalue weighted by atomic mass is 9.94. The largest absolute Gasteiger partial charge is 0.483 e. The number of carbonyl (C=O) groups excluding carboxylic acids is 1. The van der Waals surface area contributed by atoms with Crippen molar-refractivity contribution in [2.75, 3.05) is 19.8 Å². The average Bonchev–Trinajstić information content (AvgIpc) is 3.39. The monoisotopic (exact) mass is 391 g/mol. The van der Waals surface area contributed by atoms with Crippen molar-refractivity contribution in [3.63, 3.8) is 0 Å². The number of hydrazone groups is 1. The summed E-state index contributed by atoms with van der Waals surface area (Å²) in [6.07, 6.45) is 4.57. The highest BCUT2D eigenvalue weighted by Crippen LogP contribution is 2.31. The number of amides is 1. The molecule has 1 aromatic heterocycles. The molecule has 3 aromatic rings. The molecule has 150 valence electrons. The Morgan fingerprint density at radius 3 is 2.90 bits per heavy atom. The summed E-state index contributed by atoms with van der Waals surface area (Å²) in [6, 6.07) is 12.1. The van der Waals surface area contributed by atoms with Crippen molar-refractivity contribution in [3.05, 3.63) is 64.8 Å². The van der Waals surface area contributed by atoms with Gasteiger partial charge >= 0.3 is 0 Å². The third-order valence-electron chi connectivity index (χ3n) is 5.25. The van der Waals surface area contributed by atoms with E-state index in [0.29, 0.717) is 5.92 Å². The molecule has 0 spiro atoms. The Morgan fingerprint density at radius 1 is 1.31 bits per heavy atom. The molecule has 29 heavy (non-hydrogen) atoms. The Kier molecular flexibility index (Phi) is 5.62. The highest BCUT2D eigenvalue weighted by atomic mass is 16.5. The van der Waals surface area contributed by atoms with Crippen molar-refractivity contribution >= 4 is 23.0 Å². The maximum Gasteiger partial charge on any atom is 0.277 e. The Hall–Kier alpha value is -3.12. The molecule has 0 radical (unpaired) electrons. The molecule has 2 N–H and O–H groups in total. The van der Waals surface area contributed by atoms with E-state index < -0.39 is 0 Å². The van der Waals surface area contributed by atoms with Crippen molar-refractivity contribution in [2.45, 2.75) is 26.2 Å². The lowest BCUT2D eigenvalue weighted by Gasteiger charge is -2.16. The molecule has 6 nitrogen and oxygen atoms in total. The number of carbonyl (C=O) groups is 1. The zero-order valence-electron chi connectivity index (χ0n) is 16.7. The summed E-state index contributed by atoms with van der Waals surface area (Å²) in [5.74, 6) is 0.905. The molecule has 1 unspecified atom stereocenters. The van der Waals surface area contributed by atoms with Gasteiger partial charge in [0.2, 0.25) is 0 Å². The maximum absolute atomic E-state index is 12.1. The van der Waals surface area contributed by atoms with Crippen molar-refractivity contribution in [3.8, 4) is 5.75 Å². The van der Waals surface area contributed by atoms with Gasteiger partial charge in [0.1, 0.15) is 5.75 Å². The van der Waals surface area contributed by atoms with Gasteiger partial charge in [-0.2, -0.15) is 5.10 Å². The van der Waals surface area contributed by atoms with E-state index in [4.69, 9.17) is 9.47 Å². The van der Waals surface area contributed by atoms with E-state index in [1.54, 1.807) is 6.21 Å². The Labute approximate surface area is 169 Å². The predicted octanol–water partition coefficient (Wildman–Crippen LogP) is 3.82. The van der Waals surface area contributed by atoms with Crippen LogP contribution in [0.2, 0.25) is 0 Å². The van der Waals surface area contributed by atoms with Crippen LogP contribution in [0.3, 0.4) is 0 Å². The van der Waals surface area contributed by atoms with Gasteiger partial charge in [0, 0.05) is 35.2 Å². The zero-order valence-corrected chi connectivity index (χ0v) is 16.7. The van der Waals surface area contributed by atoms with E-state index in [9.17, 15) is 4.79 Å². The van der Waals surface area contributed by atoms with Gasteiger partial charge in [-0.3, -0.25) is 4.79 Å². The van der Waals surface area contributed by atoms with Crippen LogP contribution in [0, 0.1) is 13.8 Å². The van der Waals surface area contributed by atoms with Gasteiger partial charge in [0.15, 0.2) is 6.61 Å². The molecular formula is C23H25N3O3. The second kappa shape index (κ2) is 8.49. The second-order valence-corrected chi connectivity index (χ2v) is 7.41. The number of rotatable bonds is 6. The lowest BCUT2D eigenvalue weighted by molar-refractivity contribution is -0.123. The number of fused-ring (bicyclic) bond motifs is 1. The summed E-state index contributed by atoms with van der Waals surface area (Å²) in [5.41, 5.74) is 7.83. The number of aryl methyl sites for hydroxylation is 2. The summed E-state index contributed by atoms with van der Waals surface area (Å²) in [5, 5.41) is 5.12. The van der Waals surface area contributed by atoms with E-state index in [2.05, 4.69) is 27.6 Å². The third-order valence-corrected chi connectivity index (χ3v) is 5.25. The van der Waals surface area contributed by atoms with Crippen LogP contribution in [-0.4, -0.2) is 36.9 Å². The molecule has 2 heterocycles. The first kappa shape index (κ1) is 19.2. The first-order chi connectivity index (χ1) is 14.1. The van der Waals surface area contributed by atoms with Crippen LogP contribution in [-0.2, 0) is 9.53 Å². The Morgan fingerprint density at radius 2 is 2.14 bits per heavy atom. The van der Waals surface area contributed by atoms with Crippen LogP contribution in [0.5, 0.6) is 5.75 Å². The normalized spacial score (nSPS) is 16.6. The summed E-state index contributed by atoms with van der Waals surface area (Å²) in [4.78, 5) is 15.3. The van der Waals surface area contributed by atoms with E-state index in [0.717, 1.165) is 53.0 Å². The minimum atomic E-state index is -0.297. The minimum Gasteiger partial charge on any atom is -0.483 e. The number of hydrogen-bond donors (Lipinski definition) is 2. The molecule has 1 aliphatic heterocycles. The minimum absolute atomic E-state index is 0.0841. The van der Waals surface area contributed by atoms with Gasteiger partial charge in [0.25, 0.3) is 5.91 Å². The molecule has 1 aliphatic rings. The fourth-order valence-corrected chi connectivity index (χ4v) is 3.81. The van der Waals surface area contributed by atoms with E-state index in [1.165, 1.54) is 5.56 Å². The SMILES string of the molecule is Cc1cc(C2CCOC2)cc(C)c1OCC(=O)NN=Cc1cccc2[nH]ccc12. The molecule has 1 saturated heterocycles. The van der Waals surface area contributed by atoms with Gasteiger partial charge in [-0.25, -0.2) is 5.43 Å². The molecule has 0 saturated carbocycles. The molecule has 1 amide bonds. The molecule has 2 aromatic carbocycles. The third kappa shape index (κ3) is 4.32. The van der Waals surface area contributed by atoms with E-state index >= 15 is 0 Å². The standard InChI is InChI=1S/C23H25N3O3/c1-15-10-19(18-7-9-28-13-18)11-16(2)23(15)29-14-22(27)26-25-12-17-4-3-5-21-20(17)6-8-24-21/h3-6,8,10-12,18,24H,7,9,13-14H2,1-2H3,(H,26,27). The van der Waals surface area contributed by atoms with Crippen molar-refractivity contribution in [2.24, 2.45) is 5.10 Å². The summed E-state index contributed by atoms with van der Waals surface area (Å²) in [6.45, 7) is 5.53. The van der Waals surface area contributed by atoms with Gasteiger partial charge in [-0.1, -0.05) is 24.3 Å². The summed E-state index contributed by atoms with van der Waals surface area (Å²) >= 11 is 0. The first-order valence-electron chi connectivity index (χ1n) is 9.81. The number of aromatic nitrogens is 1. The van der Waals surface area contributed by atoms with Crippen LogP contribution >= 0.6 is 0 Å². The fourth-order valence-electron chi connectivity index (χ4n) is 3.81. The number of nitrogens with zero attached hydrogens (tertiary/aromatic N) is 1. The van der Waals surface area contributed by atoms with Gasteiger partial charge in [-0.15, -0.1) is 0 Å². The quantitative estimate of drug-likeness (QED) is 0.495.